The van der Waals surface area contributed by atoms with E-state index in [1.165, 1.54) is 9.80 Å². The molecule has 1 aromatic rings. The summed E-state index contributed by atoms with van der Waals surface area (Å²) in [7, 11) is 1.65. The molecule has 1 heterocycles. The summed E-state index contributed by atoms with van der Waals surface area (Å²) in [6.45, 7) is -0.0728. The Hall–Kier alpha value is -1.76. The van der Waals surface area contributed by atoms with Crippen LogP contribution in [0.1, 0.15) is 18.4 Å². The normalized spacial score (nSPS) is 17.2. The van der Waals surface area contributed by atoms with Crippen molar-refractivity contribution in [3.8, 4) is 5.75 Å². The Morgan fingerprint density at radius 2 is 1.91 bits per heavy atom. The number of para-hydroxylation sites is 1. The zero-order valence-corrected chi connectivity index (χ0v) is 13.0. The second kappa shape index (κ2) is 7.21. The maximum absolute atomic E-state index is 12.4. The summed E-state index contributed by atoms with van der Waals surface area (Å²) in [6.07, 6.45) is -3.33. The molecule has 1 aromatic carbocycles. The van der Waals surface area contributed by atoms with Crippen molar-refractivity contribution in [2.75, 3.05) is 26.7 Å². The fourth-order valence-electron chi connectivity index (χ4n) is 2.88. The van der Waals surface area contributed by atoms with Crippen LogP contribution < -0.4 is 0 Å². The van der Waals surface area contributed by atoms with Crippen molar-refractivity contribution < 1.29 is 23.1 Å². The largest absolute Gasteiger partial charge is 0.508 e. The van der Waals surface area contributed by atoms with Gasteiger partial charge >= 0.3 is 6.18 Å². The number of amides is 1. The number of carbonyl (C=O) groups excluding carboxylic acids is 1. The van der Waals surface area contributed by atoms with E-state index in [-0.39, 0.29) is 37.2 Å². The van der Waals surface area contributed by atoms with Crippen LogP contribution in [0.2, 0.25) is 0 Å². The molecule has 1 fully saturated rings. The lowest BCUT2D eigenvalue weighted by molar-refractivity contribution is -0.150. The van der Waals surface area contributed by atoms with Gasteiger partial charge in [-0.25, -0.2) is 0 Å². The lowest BCUT2D eigenvalue weighted by Crippen LogP contribution is -2.44. The number of aromatic hydroxyl groups is 1. The van der Waals surface area contributed by atoms with Gasteiger partial charge in [0.05, 0.1) is 6.54 Å². The molecule has 7 heteroatoms. The second-order valence-corrected chi connectivity index (χ2v) is 5.99. The summed E-state index contributed by atoms with van der Waals surface area (Å²) in [5.74, 6) is -0.206. The van der Waals surface area contributed by atoms with Crippen molar-refractivity contribution in [3.63, 3.8) is 0 Å². The van der Waals surface area contributed by atoms with Crippen LogP contribution in [0.15, 0.2) is 24.3 Å². The smallest absolute Gasteiger partial charge is 0.401 e. The van der Waals surface area contributed by atoms with Gasteiger partial charge in [0.15, 0.2) is 0 Å². The van der Waals surface area contributed by atoms with Crippen LogP contribution in [0.25, 0.3) is 0 Å². The van der Waals surface area contributed by atoms with Gasteiger partial charge in [0.1, 0.15) is 5.75 Å². The van der Waals surface area contributed by atoms with E-state index >= 15 is 0 Å². The highest BCUT2D eigenvalue weighted by Gasteiger charge is 2.34. The molecule has 0 bridgehead atoms. The first-order chi connectivity index (χ1) is 10.8. The zero-order chi connectivity index (χ0) is 17.0. The minimum absolute atomic E-state index is 0.0834. The van der Waals surface area contributed by atoms with Crippen LogP contribution in [0.3, 0.4) is 0 Å². The van der Waals surface area contributed by atoms with Gasteiger partial charge < -0.3 is 10.0 Å². The summed E-state index contributed by atoms with van der Waals surface area (Å²) >= 11 is 0. The van der Waals surface area contributed by atoms with E-state index in [0.717, 1.165) is 0 Å². The fourth-order valence-corrected chi connectivity index (χ4v) is 2.88. The van der Waals surface area contributed by atoms with Gasteiger partial charge in [-0.1, -0.05) is 18.2 Å². The molecule has 0 aromatic heterocycles. The number of rotatable bonds is 4. The predicted molar refractivity (Wildman–Crippen MR) is 79.8 cm³/mol. The van der Waals surface area contributed by atoms with E-state index in [1.54, 1.807) is 31.3 Å². The predicted octanol–water partition coefficient (Wildman–Crippen LogP) is 2.62. The summed E-state index contributed by atoms with van der Waals surface area (Å²) in [5.41, 5.74) is 0.651. The summed E-state index contributed by atoms with van der Waals surface area (Å²) in [6, 6.07) is 6.79. The number of alkyl halides is 3. The Bertz CT molecular complexity index is 540. The highest BCUT2D eigenvalue weighted by atomic mass is 19.4. The first-order valence-corrected chi connectivity index (χ1v) is 7.57. The molecule has 0 spiro atoms. The summed E-state index contributed by atoms with van der Waals surface area (Å²) in [5, 5.41) is 9.74. The van der Waals surface area contributed by atoms with Gasteiger partial charge in [0.25, 0.3) is 0 Å². The Balaban J connectivity index is 1.86. The van der Waals surface area contributed by atoms with Crippen molar-refractivity contribution in [1.29, 1.82) is 0 Å². The number of nitrogens with zero attached hydrogens (tertiary/aromatic N) is 2. The first kappa shape index (κ1) is 17.6. The molecule has 2 rings (SSSR count). The van der Waals surface area contributed by atoms with Crippen LogP contribution in [-0.2, 0) is 11.3 Å². The van der Waals surface area contributed by atoms with Crippen molar-refractivity contribution in [1.82, 2.24) is 9.80 Å². The quantitative estimate of drug-likeness (QED) is 0.923. The van der Waals surface area contributed by atoms with Gasteiger partial charge in [-0.05, 0) is 32.0 Å². The lowest BCUT2D eigenvalue weighted by atomic mass is 9.95. The molecule has 1 aliphatic heterocycles. The van der Waals surface area contributed by atoms with E-state index < -0.39 is 12.7 Å². The molecule has 0 radical (unpaired) electrons. The maximum Gasteiger partial charge on any atom is 0.401 e. The molecular formula is C16H21F3N2O2. The number of phenolic OH excluding ortho intramolecular Hbond substituents is 1. The zero-order valence-electron chi connectivity index (χ0n) is 13.0. The molecule has 0 unspecified atom stereocenters. The van der Waals surface area contributed by atoms with Gasteiger partial charge in [-0.15, -0.1) is 0 Å². The number of likely N-dealkylation sites (tertiary alicyclic amines) is 1. The van der Waals surface area contributed by atoms with Crippen molar-refractivity contribution >= 4 is 5.91 Å². The highest BCUT2D eigenvalue weighted by molar-refractivity contribution is 5.78. The van der Waals surface area contributed by atoms with Crippen LogP contribution in [-0.4, -0.2) is 53.7 Å². The number of benzene rings is 1. The first-order valence-electron chi connectivity index (χ1n) is 7.57. The van der Waals surface area contributed by atoms with E-state index in [0.29, 0.717) is 18.4 Å². The van der Waals surface area contributed by atoms with E-state index in [9.17, 15) is 23.1 Å². The van der Waals surface area contributed by atoms with Gasteiger partial charge in [0.2, 0.25) is 5.91 Å². The minimum atomic E-state index is -4.20. The third-order valence-corrected chi connectivity index (χ3v) is 4.12. The molecule has 4 nitrogen and oxygen atoms in total. The molecular weight excluding hydrogens is 309 g/mol. The highest BCUT2D eigenvalue weighted by Crippen LogP contribution is 2.25. The minimum Gasteiger partial charge on any atom is -0.508 e. The second-order valence-electron chi connectivity index (χ2n) is 5.99. The molecule has 0 atom stereocenters. The average molecular weight is 330 g/mol. The Kier molecular flexibility index (Phi) is 5.51. The SMILES string of the molecule is CN(Cc1ccccc1O)C(=O)C1CCN(CC(F)(F)F)CC1. The van der Waals surface area contributed by atoms with Crippen molar-refractivity contribution in [2.45, 2.75) is 25.6 Å². The lowest BCUT2D eigenvalue weighted by Gasteiger charge is -2.33. The molecule has 1 saturated heterocycles. The Labute approximate surface area is 133 Å². The number of piperidine rings is 1. The van der Waals surface area contributed by atoms with Crippen molar-refractivity contribution in [3.05, 3.63) is 29.8 Å². The number of carbonyl (C=O) groups is 1. The third-order valence-electron chi connectivity index (χ3n) is 4.12. The van der Waals surface area contributed by atoms with Gasteiger partial charge in [-0.3, -0.25) is 9.69 Å². The molecule has 0 saturated carbocycles. The number of phenols is 1. The number of hydrogen-bond acceptors (Lipinski definition) is 3. The summed E-state index contributed by atoms with van der Waals surface area (Å²) in [4.78, 5) is 15.3. The average Bonchev–Trinajstić information content (AvgIpc) is 2.48. The van der Waals surface area contributed by atoms with E-state index in [1.807, 2.05) is 0 Å². The van der Waals surface area contributed by atoms with Gasteiger partial charge in [-0.2, -0.15) is 13.2 Å². The Morgan fingerprint density at radius 3 is 2.48 bits per heavy atom. The van der Waals surface area contributed by atoms with E-state index in [4.69, 9.17) is 0 Å². The Morgan fingerprint density at radius 1 is 1.30 bits per heavy atom. The molecule has 1 amide bonds. The van der Waals surface area contributed by atoms with Crippen LogP contribution in [0.5, 0.6) is 5.75 Å². The third kappa shape index (κ3) is 5.13. The maximum atomic E-state index is 12.4. The molecule has 128 valence electrons. The van der Waals surface area contributed by atoms with Crippen LogP contribution in [0.4, 0.5) is 13.2 Å². The number of halogens is 3. The molecule has 1 N–H and O–H groups in total. The fraction of sp³-hybridized carbons (Fsp3) is 0.562. The monoisotopic (exact) mass is 330 g/mol. The number of hydrogen-bond donors (Lipinski definition) is 1. The van der Waals surface area contributed by atoms with Gasteiger partial charge in [0, 0.05) is 25.1 Å². The van der Waals surface area contributed by atoms with Crippen LogP contribution in [0, 0.1) is 5.92 Å². The summed E-state index contributed by atoms with van der Waals surface area (Å²) < 4.78 is 37.1. The van der Waals surface area contributed by atoms with Crippen molar-refractivity contribution in [2.24, 2.45) is 5.92 Å². The van der Waals surface area contributed by atoms with Crippen LogP contribution >= 0.6 is 0 Å². The molecule has 23 heavy (non-hydrogen) atoms. The molecule has 1 aliphatic rings. The molecule has 0 aliphatic carbocycles. The standard InChI is InChI=1S/C16H21F3N2O2/c1-20(10-13-4-2-3-5-14(13)22)15(23)12-6-8-21(9-7-12)11-16(17,18)19/h2-5,12,22H,6-11H2,1H3. The topological polar surface area (TPSA) is 43.8 Å². The van der Waals surface area contributed by atoms with E-state index in [2.05, 4.69) is 0 Å².